The number of anilines is 1. The third kappa shape index (κ3) is 4.38. The van der Waals surface area contributed by atoms with E-state index in [1.807, 2.05) is 0 Å². The normalized spacial score (nSPS) is 17.9. The van der Waals surface area contributed by atoms with Gasteiger partial charge in [-0.05, 0) is 31.9 Å². The Bertz CT molecular complexity index is 670. The van der Waals surface area contributed by atoms with Gasteiger partial charge in [0.1, 0.15) is 0 Å². The van der Waals surface area contributed by atoms with Gasteiger partial charge in [-0.25, -0.2) is 12.7 Å². The molecule has 0 unspecified atom stereocenters. The van der Waals surface area contributed by atoms with Crippen molar-refractivity contribution in [2.24, 2.45) is 0 Å². The molecule has 1 heterocycles. The highest BCUT2D eigenvalue weighted by molar-refractivity contribution is 7.89. The number of hydrogen-bond donors (Lipinski definition) is 1. The third-order valence-corrected chi connectivity index (χ3v) is 5.55. The number of amides is 1. The number of rotatable bonds is 5. The molecule has 0 aromatic heterocycles. The summed E-state index contributed by atoms with van der Waals surface area (Å²) in [5.74, 6) is -0.174. The number of benzene rings is 1. The first-order valence-electron chi connectivity index (χ1n) is 7.27. The van der Waals surface area contributed by atoms with Crippen LogP contribution in [-0.2, 0) is 14.8 Å². The van der Waals surface area contributed by atoms with Gasteiger partial charge in [-0.2, -0.15) is 0 Å². The predicted molar refractivity (Wildman–Crippen MR) is 84.3 cm³/mol. The molecule has 0 bridgehead atoms. The summed E-state index contributed by atoms with van der Waals surface area (Å²) in [4.78, 5) is 23.2. The topological polar surface area (TPSA) is 83.6 Å². The second-order valence-corrected chi connectivity index (χ2v) is 7.45. The molecule has 0 atom stereocenters. The lowest BCUT2D eigenvalue weighted by Crippen LogP contribution is -2.39. The maximum absolute atomic E-state index is 11.9. The summed E-state index contributed by atoms with van der Waals surface area (Å²) in [7, 11) is -3.20. The van der Waals surface area contributed by atoms with Crippen molar-refractivity contribution in [3.63, 3.8) is 0 Å². The fraction of sp³-hybridized carbons (Fsp3) is 0.467. The molecule has 0 radical (unpaired) electrons. The molecule has 7 heteroatoms. The lowest BCUT2D eigenvalue weighted by atomic mass is 10.1. The van der Waals surface area contributed by atoms with Gasteiger partial charge in [0.2, 0.25) is 15.9 Å². The van der Waals surface area contributed by atoms with Gasteiger partial charge < -0.3 is 5.32 Å². The largest absolute Gasteiger partial charge is 0.326 e. The number of nitrogens with zero attached hydrogens (tertiary/aromatic N) is 1. The Morgan fingerprint density at radius 1 is 1.27 bits per heavy atom. The van der Waals surface area contributed by atoms with Crippen LogP contribution in [0.5, 0.6) is 0 Å². The van der Waals surface area contributed by atoms with Gasteiger partial charge in [0.15, 0.2) is 5.78 Å². The Morgan fingerprint density at radius 2 is 2.05 bits per heavy atom. The lowest BCUT2D eigenvalue weighted by Gasteiger charge is -2.25. The second-order valence-electron chi connectivity index (χ2n) is 5.36. The number of sulfonamides is 1. The molecule has 2 rings (SSSR count). The number of hydrogen-bond acceptors (Lipinski definition) is 4. The molecule has 1 saturated heterocycles. The smallest absolute Gasteiger partial charge is 0.225 e. The van der Waals surface area contributed by atoms with Gasteiger partial charge in [-0.1, -0.05) is 12.1 Å². The summed E-state index contributed by atoms with van der Waals surface area (Å²) in [6, 6.07) is 6.68. The van der Waals surface area contributed by atoms with Crippen LogP contribution in [0.15, 0.2) is 24.3 Å². The quantitative estimate of drug-likeness (QED) is 0.835. The Morgan fingerprint density at radius 3 is 2.73 bits per heavy atom. The van der Waals surface area contributed by atoms with Crippen molar-refractivity contribution in [1.82, 2.24) is 4.31 Å². The molecular formula is C15H20N2O4S. The van der Waals surface area contributed by atoms with Crippen LogP contribution in [-0.4, -0.2) is 43.3 Å². The van der Waals surface area contributed by atoms with Gasteiger partial charge in [0.05, 0.1) is 5.75 Å². The van der Waals surface area contributed by atoms with Crippen LogP contribution in [0.25, 0.3) is 0 Å². The van der Waals surface area contributed by atoms with Crippen molar-refractivity contribution < 1.29 is 18.0 Å². The third-order valence-electron chi connectivity index (χ3n) is 3.59. The molecule has 6 nitrogen and oxygen atoms in total. The van der Waals surface area contributed by atoms with Gasteiger partial charge in [0, 0.05) is 30.8 Å². The molecule has 22 heavy (non-hydrogen) atoms. The maximum Gasteiger partial charge on any atom is 0.225 e. The van der Waals surface area contributed by atoms with Crippen LogP contribution in [0.2, 0.25) is 0 Å². The van der Waals surface area contributed by atoms with Crippen LogP contribution < -0.4 is 5.32 Å². The number of Topliss-reactive ketones (excluding diaryl/α,β-unsaturated/α-hetero) is 1. The highest BCUT2D eigenvalue weighted by atomic mass is 32.2. The number of carbonyl (C=O) groups excluding carboxylic acids is 2. The first-order chi connectivity index (χ1) is 10.4. The van der Waals surface area contributed by atoms with Crippen molar-refractivity contribution >= 4 is 27.4 Å². The van der Waals surface area contributed by atoms with Gasteiger partial charge in [-0.15, -0.1) is 0 Å². The van der Waals surface area contributed by atoms with Crippen molar-refractivity contribution in [3.05, 3.63) is 29.8 Å². The fourth-order valence-corrected chi connectivity index (χ4v) is 3.96. The number of nitrogens with one attached hydrogen (secondary N) is 1. The van der Waals surface area contributed by atoms with Crippen molar-refractivity contribution in [2.45, 2.75) is 26.2 Å². The minimum atomic E-state index is -3.20. The zero-order valence-corrected chi connectivity index (χ0v) is 13.4. The van der Waals surface area contributed by atoms with Crippen molar-refractivity contribution in [1.29, 1.82) is 0 Å². The summed E-state index contributed by atoms with van der Waals surface area (Å²) < 4.78 is 25.0. The molecule has 0 saturated carbocycles. The molecule has 1 aliphatic heterocycles. The molecule has 1 aromatic carbocycles. The zero-order chi connectivity index (χ0) is 16.2. The van der Waals surface area contributed by atoms with E-state index in [2.05, 4.69) is 5.32 Å². The van der Waals surface area contributed by atoms with E-state index < -0.39 is 10.0 Å². The minimum absolute atomic E-state index is 0.0736. The first-order valence-corrected chi connectivity index (χ1v) is 8.88. The Balaban J connectivity index is 1.90. The van der Waals surface area contributed by atoms with Crippen LogP contribution >= 0.6 is 0 Å². The average molecular weight is 324 g/mol. The van der Waals surface area contributed by atoms with E-state index in [1.54, 1.807) is 24.3 Å². The lowest BCUT2D eigenvalue weighted by molar-refractivity contribution is -0.116. The zero-order valence-electron chi connectivity index (χ0n) is 12.5. The minimum Gasteiger partial charge on any atom is -0.326 e. The molecule has 1 amide bonds. The number of carbonyl (C=O) groups is 2. The SMILES string of the molecule is CC(=O)c1cccc(NC(=O)CCN2CCCCS2(=O)=O)c1. The number of ketones is 1. The Hall–Kier alpha value is -1.73. The van der Waals surface area contributed by atoms with Crippen LogP contribution in [0.4, 0.5) is 5.69 Å². The van der Waals surface area contributed by atoms with Gasteiger partial charge in [-0.3, -0.25) is 9.59 Å². The van der Waals surface area contributed by atoms with E-state index >= 15 is 0 Å². The molecule has 0 aliphatic carbocycles. The summed E-state index contributed by atoms with van der Waals surface area (Å²) in [5, 5.41) is 2.69. The van der Waals surface area contributed by atoms with E-state index in [0.29, 0.717) is 24.2 Å². The van der Waals surface area contributed by atoms with E-state index in [4.69, 9.17) is 0 Å². The van der Waals surface area contributed by atoms with E-state index in [0.717, 1.165) is 6.42 Å². The highest BCUT2D eigenvalue weighted by Gasteiger charge is 2.25. The monoisotopic (exact) mass is 324 g/mol. The van der Waals surface area contributed by atoms with Gasteiger partial charge in [0.25, 0.3) is 0 Å². The standard InChI is InChI=1S/C15H20N2O4S/c1-12(18)13-5-4-6-14(11-13)16-15(19)7-9-17-8-2-3-10-22(17,20)21/h4-6,11H,2-3,7-10H2,1H3,(H,16,19). The van der Waals surface area contributed by atoms with E-state index in [9.17, 15) is 18.0 Å². The average Bonchev–Trinajstić information content (AvgIpc) is 2.46. The molecule has 0 spiro atoms. The summed E-state index contributed by atoms with van der Waals surface area (Å²) in [6.45, 7) is 2.14. The summed E-state index contributed by atoms with van der Waals surface area (Å²) in [5.41, 5.74) is 1.07. The van der Waals surface area contributed by atoms with Crippen LogP contribution in [0, 0.1) is 0 Å². The van der Waals surface area contributed by atoms with Crippen LogP contribution in [0.3, 0.4) is 0 Å². The van der Waals surface area contributed by atoms with Crippen LogP contribution in [0.1, 0.15) is 36.5 Å². The van der Waals surface area contributed by atoms with Crippen molar-refractivity contribution in [3.8, 4) is 0 Å². The molecular weight excluding hydrogens is 304 g/mol. The summed E-state index contributed by atoms with van der Waals surface area (Å²) in [6.07, 6.45) is 1.62. The van der Waals surface area contributed by atoms with E-state index in [-0.39, 0.29) is 30.4 Å². The maximum atomic E-state index is 11.9. The molecule has 120 valence electrons. The Kier molecular flexibility index (Phi) is 5.31. The molecule has 1 aliphatic rings. The molecule has 1 fully saturated rings. The molecule has 1 N–H and O–H groups in total. The van der Waals surface area contributed by atoms with Gasteiger partial charge >= 0.3 is 0 Å². The summed E-state index contributed by atoms with van der Waals surface area (Å²) >= 11 is 0. The fourth-order valence-electron chi connectivity index (χ4n) is 2.36. The second kappa shape index (κ2) is 7.02. The molecule has 1 aromatic rings. The highest BCUT2D eigenvalue weighted by Crippen LogP contribution is 2.15. The Labute approximate surface area is 130 Å². The predicted octanol–water partition coefficient (Wildman–Crippen LogP) is 1.64. The first kappa shape index (κ1) is 16.6. The van der Waals surface area contributed by atoms with E-state index in [1.165, 1.54) is 11.2 Å². The van der Waals surface area contributed by atoms with Crippen molar-refractivity contribution in [2.75, 3.05) is 24.2 Å².